The number of nitrogens with zero attached hydrogens (tertiary/aromatic N) is 1. The first-order valence-corrected chi connectivity index (χ1v) is 6.18. The second-order valence-corrected chi connectivity index (χ2v) is 4.39. The number of hydrogen-bond donors (Lipinski definition) is 0. The lowest BCUT2D eigenvalue weighted by Crippen LogP contribution is -2.40. The number of rotatable bonds is 6. The van der Waals surface area contributed by atoms with E-state index in [0.717, 1.165) is 0 Å². The second kappa shape index (κ2) is 6.06. The summed E-state index contributed by atoms with van der Waals surface area (Å²) in [5.74, 6) is 0.508. The number of ketones is 1. The van der Waals surface area contributed by atoms with Crippen molar-refractivity contribution in [2.45, 2.75) is 45.0 Å². The van der Waals surface area contributed by atoms with Crippen molar-refractivity contribution in [3.8, 4) is 5.75 Å². The minimum absolute atomic E-state index is 0.0272. The van der Waals surface area contributed by atoms with E-state index >= 15 is 0 Å². The monoisotopic (exact) mass is 271 g/mol. The van der Waals surface area contributed by atoms with Crippen LogP contribution in [0.25, 0.3) is 0 Å². The van der Waals surface area contributed by atoms with Crippen molar-refractivity contribution in [2.75, 3.05) is 0 Å². The third-order valence-corrected chi connectivity index (χ3v) is 2.99. The zero-order chi connectivity index (χ0) is 13.8. The SMILES string of the molecule is CCC(=O)c1ccc(OC2CC(OC(F)F)C2)cn1. The first kappa shape index (κ1) is 13.9. The first-order chi connectivity index (χ1) is 9.08. The van der Waals surface area contributed by atoms with Gasteiger partial charge in [-0.25, -0.2) is 4.98 Å². The summed E-state index contributed by atoms with van der Waals surface area (Å²) in [6.07, 6.45) is 2.21. The van der Waals surface area contributed by atoms with Crippen LogP contribution >= 0.6 is 0 Å². The maximum atomic E-state index is 11.9. The van der Waals surface area contributed by atoms with Gasteiger partial charge in [0.1, 0.15) is 17.5 Å². The average molecular weight is 271 g/mol. The summed E-state index contributed by atoms with van der Waals surface area (Å²) >= 11 is 0. The highest BCUT2D eigenvalue weighted by Gasteiger charge is 2.33. The number of Topliss-reactive ketones (excluding diaryl/α,β-unsaturated/α-hetero) is 1. The maximum Gasteiger partial charge on any atom is 0.345 e. The van der Waals surface area contributed by atoms with E-state index in [-0.39, 0.29) is 11.9 Å². The van der Waals surface area contributed by atoms with E-state index in [1.54, 1.807) is 19.1 Å². The fraction of sp³-hybridized carbons (Fsp3) is 0.538. The van der Waals surface area contributed by atoms with Gasteiger partial charge in [0.2, 0.25) is 0 Å². The van der Waals surface area contributed by atoms with Crippen molar-refractivity contribution >= 4 is 5.78 Å². The van der Waals surface area contributed by atoms with Crippen LogP contribution in [0.1, 0.15) is 36.7 Å². The minimum atomic E-state index is -2.73. The quantitative estimate of drug-likeness (QED) is 0.746. The number of ether oxygens (including phenoxy) is 2. The highest BCUT2D eigenvalue weighted by Crippen LogP contribution is 2.29. The zero-order valence-corrected chi connectivity index (χ0v) is 10.5. The van der Waals surface area contributed by atoms with Crippen molar-refractivity contribution < 1.29 is 23.0 Å². The molecule has 1 aliphatic carbocycles. The smallest absolute Gasteiger partial charge is 0.345 e. The van der Waals surface area contributed by atoms with Gasteiger partial charge in [-0.15, -0.1) is 0 Å². The first-order valence-electron chi connectivity index (χ1n) is 6.18. The topological polar surface area (TPSA) is 48.4 Å². The summed E-state index contributed by atoms with van der Waals surface area (Å²) in [7, 11) is 0. The molecule has 1 fully saturated rings. The van der Waals surface area contributed by atoms with Gasteiger partial charge in [-0.2, -0.15) is 8.78 Å². The summed E-state index contributed by atoms with van der Waals surface area (Å²) in [6, 6.07) is 3.27. The summed E-state index contributed by atoms with van der Waals surface area (Å²) in [5, 5.41) is 0. The van der Waals surface area contributed by atoms with Crippen LogP contribution in [0, 0.1) is 0 Å². The van der Waals surface area contributed by atoms with Crippen molar-refractivity contribution in [2.24, 2.45) is 0 Å². The fourth-order valence-corrected chi connectivity index (χ4v) is 1.86. The van der Waals surface area contributed by atoms with Gasteiger partial charge in [-0.1, -0.05) is 6.92 Å². The van der Waals surface area contributed by atoms with Crippen molar-refractivity contribution in [1.29, 1.82) is 0 Å². The van der Waals surface area contributed by atoms with Crippen molar-refractivity contribution in [3.63, 3.8) is 0 Å². The predicted molar refractivity (Wildman–Crippen MR) is 63.4 cm³/mol. The van der Waals surface area contributed by atoms with E-state index < -0.39 is 12.7 Å². The van der Waals surface area contributed by atoms with Gasteiger partial charge in [-0.3, -0.25) is 4.79 Å². The number of carbonyl (C=O) groups is 1. The molecule has 0 aliphatic heterocycles. The molecule has 0 unspecified atom stereocenters. The highest BCUT2D eigenvalue weighted by molar-refractivity contribution is 5.93. The molecule has 1 aromatic heterocycles. The van der Waals surface area contributed by atoms with Gasteiger partial charge < -0.3 is 9.47 Å². The van der Waals surface area contributed by atoms with Gasteiger partial charge in [0.05, 0.1) is 12.3 Å². The number of aromatic nitrogens is 1. The molecule has 0 aromatic carbocycles. The van der Waals surface area contributed by atoms with Gasteiger partial charge in [0.25, 0.3) is 0 Å². The summed E-state index contributed by atoms with van der Waals surface area (Å²) < 4.78 is 33.7. The number of halogens is 2. The Bertz CT molecular complexity index is 430. The Hall–Kier alpha value is -1.56. The zero-order valence-electron chi connectivity index (χ0n) is 10.5. The Labute approximate surface area is 109 Å². The molecule has 0 radical (unpaired) electrons. The summed E-state index contributed by atoms with van der Waals surface area (Å²) in [4.78, 5) is 15.4. The van der Waals surface area contributed by atoms with Gasteiger partial charge in [0.15, 0.2) is 5.78 Å². The van der Waals surface area contributed by atoms with E-state index in [1.165, 1.54) is 6.20 Å². The molecule has 1 aliphatic rings. The lowest BCUT2D eigenvalue weighted by atomic mass is 9.92. The van der Waals surface area contributed by atoms with E-state index in [4.69, 9.17) is 4.74 Å². The van der Waals surface area contributed by atoms with Gasteiger partial charge in [0, 0.05) is 19.3 Å². The third-order valence-electron chi connectivity index (χ3n) is 2.99. The Balaban J connectivity index is 1.80. The predicted octanol–water partition coefficient (Wildman–Crippen LogP) is 2.82. The molecule has 0 amide bonds. The van der Waals surface area contributed by atoms with Crippen LogP contribution in [0.4, 0.5) is 8.78 Å². The summed E-state index contributed by atoms with van der Waals surface area (Å²) in [6.45, 7) is -0.960. The molecule has 6 heteroatoms. The van der Waals surface area contributed by atoms with E-state index in [9.17, 15) is 13.6 Å². The molecule has 1 aromatic rings. The molecule has 0 atom stereocenters. The normalized spacial score (nSPS) is 22.1. The van der Waals surface area contributed by atoms with Crippen molar-refractivity contribution in [3.05, 3.63) is 24.0 Å². The molecular weight excluding hydrogens is 256 g/mol. The van der Waals surface area contributed by atoms with Crippen molar-refractivity contribution in [1.82, 2.24) is 4.98 Å². The second-order valence-electron chi connectivity index (χ2n) is 4.39. The molecular formula is C13H15F2NO3. The molecule has 1 saturated carbocycles. The van der Waals surface area contributed by atoms with Crippen LogP contribution in [0.2, 0.25) is 0 Å². The lowest BCUT2D eigenvalue weighted by molar-refractivity contribution is -0.196. The molecule has 0 saturated heterocycles. The number of carbonyl (C=O) groups excluding carboxylic acids is 1. The number of pyridine rings is 1. The van der Waals surface area contributed by atoms with Gasteiger partial charge >= 0.3 is 6.61 Å². The molecule has 0 N–H and O–H groups in total. The van der Waals surface area contributed by atoms with Crippen LogP contribution in [0.5, 0.6) is 5.75 Å². The maximum absolute atomic E-state index is 11.9. The average Bonchev–Trinajstić information content (AvgIpc) is 2.35. The molecule has 1 heterocycles. The van der Waals surface area contributed by atoms with E-state index in [1.807, 2.05) is 0 Å². The van der Waals surface area contributed by atoms with Crippen LogP contribution < -0.4 is 4.74 Å². The van der Waals surface area contributed by atoms with E-state index in [2.05, 4.69) is 9.72 Å². The molecule has 0 bridgehead atoms. The molecule has 19 heavy (non-hydrogen) atoms. The van der Waals surface area contributed by atoms with Crippen LogP contribution in [-0.2, 0) is 4.74 Å². The van der Waals surface area contributed by atoms with Crippen LogP contribution in [-0.4, -0.2) is 29.6 Å². The molecule has 2 rings (SSSR count). The highest BCUT2D eigenvalue weighted by atomic mass is 19.3. The lowest BCUT2D eigenvalue weighted by Gasteiger charge is -2.34. The largest absolute Gasteiger partial charge is 0.489 e. The standard InChI is InChI=1S/C13H15F2NO3/c1-2-12(17)11-4-3-8(7-16-11)18-9-5-10(6-9)19-13(14)15/h3-4,7,9-10,13H,2,5-6H2,1H3. The molecule has 104 valence electrons. The van der Waals surface area contributed by atoms with Gasteiger partial charge in [-0.05, 0) is 12.1 Å². The Morgan fingerprint density at radius 3 is 2.68 bits per heavy atom. The van der Waals surface area contributed by atoms with E-state index in [0.29, 0.717) is 30.7 Å². The molecule has 0 spiro atoms. The summed E-state index contributed by atoms with van der Waals surface area (Å²) in [5.41, 5.74) is 0.405. The van der Waals surface area contributed by atoms with Crippen LogP contribution in [0.3, 0.4) is 0 Å². The Morgan fingerprint density at radius 1 is 1.42 bits per heavy atom. The minimum Gasteiger partial charge on any atom is -0.489 e. The molecule has 4 nitrogen and oxygen atoms in total. The Kier molecular flexibility index (Phi) is 4.42. The number of hydrogen-bond acceptors (Lipinski definition) is 4. The third kappa shape index (κ3) is 3.70. The Morgan fingerprint density at radius 2 is 2.16 bits per heavy atom. The van der Waals surface area contributed by atoms with Crippen LogP contribution in [0.15, 0.2) is 18.3 Å². The number of alkyl halides is 2. The fourth-order valence-electron chi connectivity index (χ4n) is 1.86.